The van der Waals surface area contributed by atoms with E-state index in [9.17, 15) is 0 Å². The van der Waals surface area contributed by atoms with Gasteiger partial charge >= 0.3 is 0 Å². The summed E-state index contributed by atoms with van der Waals surface area (Å²) in [4.78, 5) is 11.1. The molecule has 0 aliphatic rings. The molecule has 4 nitrogen and oxygen atoms in total. The maximum absolute atomic E-state index is 5.33. The van der Waals surface area contributed by atoms with Crippen LogP contribution in [0.15, 0.2) is 24.3 Å². The molecule has 0 spiro atoms. The highest BCUT2D eigenvalue weighted by Crippen LogP contribution is 2.24. The number of anilines is 1. The molecular weight excluding hydrogens is 214 g/mol. The van der Waals surface area contributed by atoms with Crippen molar-refractivity contribution in [2.45, 2.75) is 13.8 Å². The van der Waals surface area contributed by atoms with Crippen LogP contribution < -0.4 is 9.64 Å². The molecule has 90 valence electrons. The van der Waals surface area contributed by atoms with Crippen molar-refractivity contribution in [1.82, 2.24) is 9.97 Å². The highest BCUT2D eigenvalue weighted by molar-refractivity contribution is 5.84. The van der Waals surface area contributed by atoms with Crippen LogP contribution in [0.5, 0.6) is 5.88 Å². The van der Waals surface area contributed by atoms with Crippen molar-refractivity contribution in [2.24, 2.45) is 0 Å². The lowest BCUT2D eigenvalue weighted by Gasteiger charge is -2.19. The number of methoxy groups -OCH3 is 1. The molecule has 0 atom stereocenters. The Hall–Kier alpha value is -1.84. The summed E-state index contributed by atoms with van der Waals surface area (Å²) in [5.41, 5.74) is 0.918. The van der Waals surface area contributed by atoms with E-state index in [4.69, 9.17) is 4.74 Å². The molecule has 2 rings (SSSR count). The average Bonchev–Trinajstić information content (AvgIpc) is 2.39. The summed E-state index contributed by atoms with van der Waals surface area (Å²) in [5, 5.41) is 0.950. The van der Waals surface area contributed by atoms with E-state index in [1.54, 1.807) is 7.11 Å². The van der Waals surface area contributed by atoms with Gasteiger partial charge in [-0.2, -0.15) is 4.98 Å². The second-order valence-electron chi connectivity index (χ2n) is 3.72. The van der Waals surface area contributed by atoms with Crippen LogP contribution in [0, 0.1) is 0 Å². The average molecular weight is 231 g/mol. The first-order chi connectivity index (χ1) is 8.30. The van der Waals surface area contributed by atoms with Crippen LogP contribution in [-0.4, -0.2) is 30.2 Å². The van der Waals surface area contributed by atoms with Gasteiger partial charge in [0.1, 0.15) is 0 Å². The van der Waals surface area contributed by atoms with E-state index in [1.165, 1.54) is 0 Å². The van der Waals surface area contributed by atoms with Gasteiger partial charge in [0.05, 0.1) is 18.0 Å². The number of ether oxygens (including phenoxy) is 1. The summed E-state index contributed by atoms with van der Waals surface area (Å²) in [6.07, 6.45) is 0. The van der Waals surface area contributed by atoms with E-state index in [1.807, 2.05) is 24.3 Å². The molecule has 1 heterocycles. The number of aromatic nitrogens is 2. The van der Waals surface area contributed by atoms with Crippen LogP contribution in [0.25, 0.3) is 10.9 Å². The van der Waals surface area contributed by atoms with Crippen molar-refractivity contribution in [1.29, 1.82) is 0 Å². The fraction of sp³-hybridized carbons (Fsp3) is 0.385. The molecule has 0 unspecified atom stereocenters. The third-order valence-electron chi connectivity index (χ3n) is 2.80. The van der Waals surface area contributed by atoms with Crippen LogP contribution >= 0.6 is 0 Å². The van der Waals surface area contributed by atoms with E-state index in [-0.39, 0.29) is 0 Å². The van der Waals surface area contributed by atoms with Crippen LogP contribution in [0.2, 0.25) is 0 Å². The van der Waals surface area contributed by atoms with E-state index in [0.29, 0.717) is 5.88 Å². The maximum atomic E-state index is 5.33. The first-order valence-corrected chi connectivity index (χ1v) is 5.85. The standard InChI is InChI=1S/C13H17N3O/c1-4-16(5-2)13-14-11-9-7-6-8-10(11)12(15-13)17-3/h6-9H,4-5H2,1-3H3. The molecule has 1 aromatic heterocycles. The number of nitrogens with zero attached hydrogens (tertiary/aromatic N) is 3. The van der Waals surface area contributed by atoms with Gasteiger partial charge in [0.2, 0.25) is 11.8 Å². The Balaban J connectivity index is 2.59. The molecule has 0 saturated carbocycles. The Bertz CT molecular complexity index is 509. The summed E-state index contributed by atoms with van der Waals surface area (Å²) in [5.74, 6) is 1.36. The van der Waals surface area contributed by atoms with E-state index in [0.717, 1.165) is 29.9 Å². The predicted molar refractivity (Wildman–Crippen MR) is 69.7 cm³/mol. The minimum absolute atomic E-state index is 0.637. The van der Waals surface area contributed by atoms with Crippen LogP contribution in [0.1, 0.15) is 13.8 Å². The van der Waals surface area contributed by atoms with Gasteiger partial charge in [-0.3, -0.25) is 0 Å². The van der Waals surface area contributed by atoms with E-state index < -0.39 is 0 Å². The minimum Gasteiger partial charge on any atom is -0.480 e. The number of hydrogen-bond donors (Lipinski definition) is 0. The quantitative estimate of drug-likeness (QED) is 0.810. The number of para-hydroxylation sites is 1. The molecule has 1 aromatic carbocycles. The Morgan fingerprint density at radius 1 is 1.12 bits per heavy atom. The third-order valence-corrected chi connectivity index (χ3v) is 2.80. The molecule has 0 aliphatic heterocycles. The molecule has 0 bridgehead atoms. The van der Waals surface area contributed by atoms with Gasteiger partial charge in [0.25, 0.3) is 0 Å². The molecule has 17 heavy (non-hydrogen) atoms. The van der Waals surface area contributed by atoms with Gasteiger partial charge in [0.15, 0.2) is 0 Å². The van der Waals surface area contributed by atoms with Crippen molar-refractivity contribution >= 4 is 16.9 Å². The van der Waals surface area contributed by atoms with Crippen molar-refractivity contribution in [3.05, 3.63) is 24.3 Å². The van der Waals surface area contributed by atoms with Gasteiger partial charge in [0, 0.05) is 13.1 Å². The van der Waals surface area contributed by atoms with Crippen molar-refractivity contribution in [2.75, 3.05) is 25.1 Å². The largest absolute Gasteiger partial charge is 0.480 e. The zero-order valence-electron chi connectivity index (χ0n) is 10.5. The van der Waals surface area contributed by atoms with E-state index >= 15 is 0 Å². The fourth-order valence-corrected chi connectivity index (χ4v) is 1.84. The van der Waals surface area contributed by atoms with Gasteiger partial charge in [-0.1, -0.05) is 12.1 Å². The maximum Gasteiger partial charge on any atom is 0.229 e. The molecule has 0 radical (unpaired) electrons. The molecule has 0 N–H and O–H groups in total. The smallest absolute Gasteiger partial charge is 0.229 e. The highest BCUT2D eigenvalue weighted by Gasteiger charge is 2.11. The lowest BCUT2D eigenvalue weighted by molar-refractivity contribution is 0.402. The molecule has 0 amide bonds. The molecule has 0 fully saturated rings. The zero-order valence-corrected chi connectivity index (χ0v) is 10.5. The first kappa shape index (κ1) is 11.6. The number of rotatable bonds is 4. The first-order valence-electron chi connectivity index (χ1n) is 5.85. The predicted octanol–water partition coefficient (Wildman–Crippen LogP) is 2.48. The lowest BCUT2D eigenvalue weighted by atomic mass is 10.2. The molecule has 2 aromatic rings. The number of fused-ring (bicyclic) bond motifs is 1. The molecular formula is C13H17N3O. The third kappa shape index (κ3) is 2.16. The summed E-state index contributed by atoms with van der Waals surface area (Å²) in [6.45, 7) is 5.96. The van der Waals surface area contributed by atoms with Crippen LogP contribution in [0.3, 0.4) is 0 Å². The van der Waals surface area contributed by atoms with Crippen molar-refractivity contribution < 1.29 is 4.74 Å². The Morgan fingerprint density at radius 3 is 2.47 bits per heavy atom. The monoisotopic (exact) mass is 231 g/mol. The second kappa shape index (κ2) is 4.99. The fourth-order valence-electron chi connectivity index (χ4n) is 1.84. The SMILES string of the molecule is CCN(CC)c1nc(OC)c2ccccc2n1. The normalized spacial score (nSPS) is 10.5. The number of benzene rings is 1. The van der Waals surface area contributed by atoms with Gasteiger partial charge in [-0.15, -0.1) is 0 Å². The summed E-state index contributed by atoms with van der Waals surface area (Å²) in [7, 11) is 1.64. The molecule has 0 aliphatic carbocycles. The van der Waals surface area contributed by atoms with Crippen LogP contribution in [0.4, 0.5) is 5.95 Å². The van der Waals surface area contributed by atoms with Gasteiger partial charge < -0.3 is 9.64 Å². The summed E-state index contributed by atoms with van der Waals surface area (Å²) < 4.78 is 5.33. The minimum atomic E-state index is 0.637. The number of hydrogen-bond acceptors (Lipinski definition) is 4. The Labute approximate surface area is 101 Å². The molecule has 0 saturated heterocycles. The van der Waals surface area contributed by atoms with Crippen molar-refractivity contribution in [3.8, 4) is 5.88 Å². The van der Waals surface area contributed by atoms with Gasteiger partial charge in [-0.05, 0) is 26.0 Å². The summed E-state index contributed by atoms with van der Waals surface area (Å²) in [6, 6.07) is 7.89. The lowest BCUT2D eigenvalue weighted by Crippen LogP contribution is -2.24. The molecule has 4 heteroatoms. The zero-order chi connectivity index (χ0) is 12.3. The van der Waals surface area contributed by atoms with Gasteiger partial charge in [-0.25, -0.2) is 4.98 Å². The van der Waals surface area contributed by atoms with Crippen LogP contribution in [-0.2, 0) is 0 Å². The highest BCUT2D eigenvalue weighted by atomic mass is 16.5. The second-order valence-corrected chi connectivity index (χ2v) is 3.72. The summed E-state index contributed by atoms with van der Waals surface area (Å²) >= 11 is 0. The van der Waals surface area contributed by atoms with E-state index in [2.05, 4.69) is 28.7 Å². The topological polar surface area (TPSA) is 38.2 Å². The Kier molecular flexibility index (Phi) is 3.42. The Morgan fingerprint density at radius 2 is 1.82 bits per heavy atom. The van der Waals surface area contributed by atoms with Crippen molar-refractivity contribution in [3.63, 3.8) is 0 Å².